The second-order valence-electron chi connectivity index (χ2n) is 11.7. The maximum absolute atomic E-state index is 12.7. The van der Waals surface area contributed by atoms with Crippen molar-refractivity contribution in [2.45, 2.75) is 76.6 Å². The second kappa shape index (κ2) is 18.4. The van der Waals surface area contributed by atoms with Gasteiger partial charge in [0.15, 0.2) is 0 Å². The van der Waals surface area contributed by atoms with Gasteiger partial charge < -0.3 is 30.3 Å². The standard InChI is InChI=1S/C36H49N3O5/c40-27-30-25-29(17-18-34(30)41)35(42)26-37-21-11-4-2-1-3-5-12-22-39-23-19-31(20-24-39)44-36(43)38-33-16-10-9-15-32(33)28-13-7-6-8-14-28/h6-10,13-18,25,31,35,37,40-42H,1-5,11-12,19-24,26-27H2,(H,38,43). The molecule has 44 heavy (non-hydrogen) atoms. The molecule has 0 aliphatic carbocycles. The molecule has 0 aromatic heterocycles. The maximum Gasteiger partial charge on any atom is 0.411 e. The van der Waals surface area contributed by atoms with Gasteiger partial charge in [0.2, 0.25) is 0 Å². The number of carbonyl (C=O) groups is 1. The average molecular weight is 604 g/mol. The van der Waals surface area contributed by atoms with Crippen LogP contribution in [0, 0.1) is 0 Å². The van der Waals surface area contributed by atoms with Crippen molar-refractivity contribution in [2.75, 3.05) is 38.0 Å². The van der Waals surface area contributed by atoms with Crippen LogP contribution in [-0.4, -0.2) is 65.1 Å². The Morgan fingerprint density at radius 2 is 1.57 bits per heavy atom. The van der Waals surface area contributed by atoms with Gasteiger partial charge in [0, 0.05) is 30.8 Å². The van der Waals surface area contributed by atoms with Crippen LogP contribution in [0.25, 0.3) is 11.1 Å². The lowest BCUT2D eigenvalue weighted by molar-refractivity contribution is 0.0584. The predicted octanol–water partition coefficient (Wildman–Crippen LogP) is 6.62. The minimum atomic E-state index is -0.660. The highest BCUT2D eigenvalue weighted by Crippen LogP contribution is 2.28. The van der Waals surface area contributed by atoms with Crippen molar-refractivity contribution in [2.24, 2.45) is 0 Å². The van der Waals surface area contributed by atoms with Crippen LogP contribution in [-0.2, 0) is 11.3 Å². The highest BCUT2D eigenvalue weighted by molar-refractivity contribution is 5.91. The number of phenols is 1. The molecule has 1 amide bonds. The molecule has 1 fully saturated rings. The van der Waals surface area contributed by atoms with E-state index in [9.17, 15) is 20.1 Å². The monoisotopic (exact) mass is 603 g/mol. The number of piperidine rings is 1. The first kappa shape index (κ1) is 33.5. The number of carbonyl (C=O) groups excluding carboxylic acids is 1. The zero-order chi connectivity index (χ0) is 31.0. The zero-order valence-electron chi connectivity index (χ0n) is 25.8. The number of amides is 1. The Kier molecular flexibility index (Phi) is 14.0. The summed E-state index contributed by atoms with van der Waals surface area (Å²) >= 11 is 0. The molecule has 5 N–H and O–H groups in total. The van der Waals surface area contributed by atoms with E-state index in [0.717, 1.165) is 62.3 Å². The van der Waals surface area contributed by atoms with Gasteiger partial charge in [-0.05, 0) is 68.1 Å². The van der Waals surface area contributed by atoms with Crippen LogP contribution in [0.2, 0.25) is 0 Å². The van der Waals surface area contributed by atoms with Crippen molar-refractivity contribution in [3.8, 4) is 16.9 Å². The number of anilines is 1. The largest absolute Gasteiger partial charge is 0.508 e. The number of rotatable bonds is 17. The molecule has 8 nitrogen and oxygen atoms in total. The molecule has 238 valence electrons. The molecule has 1 saturated heterocycles. The number of nitrogens with zero attached hydrogens (tertiary/aromatic N) is 1. The van der Waals surface area contributed by atoms with Crippen molar-refractivity contribution >= 4 is 11.8 Å². The summed E-state index contributed by atoms with van der Waals surface area (Å²) in [4.78, 5) is 15.1. The van der Waals surface area contributed by atoms with Gasteiger partial charge in [-0.2, -0.15) is 0 Å². The van der Waals surface area contributed by atoms with Gasteiger partial charge in [-0.25, -0.2) is 4.79 Å². The summed E-state index contributed by atoms with van der Waals surface area (Å²) < 4.78 is 5.77. The highest BCUT2D eigenvalue weighted by atomic mass is 16.6. The van der Waals surface area contributed by atoms with E-state index >= 15 is 0 Å². The van der Waals surface area contributed by atoms with E-state index in [1.165, 1.54) is 44.6 Å². The third-order valence-corrected chi connectivity index (χ3v) is 8.38. The summed E-state index contributed by atoms with van der Waals surface area (Å²) in [6.07, 6.45) is 9.09. The summed E-state index contributed by atoms with van der Waals surface area (Å²) in [5, 5.41) is 35.5. The fourth-order valence-electron chi connectivity index (χ4n) is 5.77. The summed E-state index contributed by atoms with van der Waals surface area (Å²) in [7, 11) is 0. The van der Waals surface area contributed by atoms with Gasteiger partial charge >= 0.3 is 6.09 Å². The first-order chi connectivity index (χ1) is 21.5. The van der Waals surface area contributed by atoms with E-state index in [2.05, 4.69) is 15.5 Å². The molecule has 0 radical (unpaired) electrons. The third-order valence-electron chi connectivity index (χ3n) is 8.38. The second-order valence-corrected chi connectivity index (χ2v) is 11.7. The Morgan fingerprint density at radius 3 is 2.32 bits per heavy atom. The van der Waals surface area contributed by atoms with Crippen molar-refractivity contribution in [1.29, 1.82) is 0 Å². The third kappa shape index (κ3) is 10.9. The molecular weight excluding hydrogens is 554 g/mol. The number of unbranched alkanes of at least 4 members (excludes halogenated alkanes) is 6. The van der Waals surface area contributed by atoms with Gasteiger partial charge in [-0.15, -0.1) is 0 Å². The molecule has 8 heteroatoms. The molecule has 0 spiro atoms. The Labute approximate surface area is 262 Å². The Bertz CT molecular complexity index is 1260. The van der Waals surface area contributed by atoms with E-state index < -0.39 is 6.10 Å². The average Bonchev–Trinajstić information content (AvgIpc) is 3.05. The van der Waals surface area contributed by atoms with E-state index in [-0.39, 0.29) is 24.6 Å². The van der Waals surface area contributed by atoms with Crippen LogP contribution < -0.4 is 10.6 Å². The number of aliphatic hydroxyl groups is 2. The first-order valence-electron chi connectivity index (χ1n) is 16.2. The number of aromatic hydroxyl groups is 1. The molecule has 3 aromatic rings. The zero-order valence-corrected chi connectivity index (χ0v) is 25.8. The van der Waals surface area contributed by atoms with Gasteiger partial charge in [0.25, 0.3) is 0 Å². The number of hydrogen-bond donors (Lipinski definition) is 5. The molecule has 1 aliphatic rings. The quantitative estimate of drug-likeness (QED) is 0.110. The van der Waals surface area contributed by atoms with Crippen LogP contribution >= 0.6 is 0 Å². The lowest BCUT2D eigenvalue weighted by Gasteiger charge is -2.31. The van der Waals surface area contributed by atoms with Gasteiger partial charge in [-0.3, -0.25) is 5.32 Å². The minimum absolute atomic E-state index is 0.0418. The van der Waals surface area contributed by atoms with E-state index in [4.69, 9.17) is 4.74 Å². The molecule has 3 aromatic carbocycles. The fraction of sp³-hybridized carbons (Fsp3) is 0.472. The van der Waals surface area contributed by atoms with Gasteiger partial charge in [0.1, 0.15) is 11.9 Å². The maximum atomic E-state index is 12.7. The number of hydrogen-bond acceptors (Lipinski definition) is 7. The number of para-hydroxylation sites is 1. The van der Waals surface area contributed by atoms with Crippen LogP contribution in [0.15, 0.2) is 72.8 Å². The Morgan fingerprint density at radius 1 is 0.886 bits per heavy atom. The summed E-state index contributed by atoms with van der Waals surface area (Å²) in [5.74, 6) is 0.0480. The molecule has 1 heterocycles. The topological polar surface area (TPSA) is 114 Å². The Balaban J connectivity index is 0.987. The molecule has 1 unspecified atom stereocenters. The Hall–Kier alpha value is -3.43. The first-order valence-corrected chi connectivity index (χ1v) is 16.2. The van der Waals surface area contributed by atoms with Crippen LogP contribution in [0.4, 0.5) is 10.5 Å². The SMILES string of the molecule is O=C(Nc1ccccc1-c1ccccc1)OC1CCN(CCCCCCCCCNCC(O)c2ccc(O)c(CO)c2)CC1. The van der Waals surface area contributed by atoms with E-state index in [1.54, 1.807) is 12.1 Å². The van der Waals surface area contributed by atoms with Gasteiger partial charge in [0.05, 0.1) is 18.4 Å². The lowest BCUT2D eigenvalue weighted by Crippen LogP contribution is -2.38. The minimum Gasteiger partial charge on any atom is -0.508 e. The lowest BCUT2D eigenvalue weighted by atomic mass is 10.0. The molecule has 0 bridgehead atoms. The van der Waals surface area contributed by atoms with Crippen LogP contribution in [0.5, 0.6) is 5.75 Å². The number of likely N-dealkylation sites (tertiary alicyclic amines) is 1. The summed E-state index contributed by atoms with van der Waals surface area (Å²) in [6, 6.07) is 22.7. The van der Waals surface area contributed by atoms with Crippen molar-refractivity contribution < 1.29 is 24.9 Å². The van der Waals surface area contributed by atoms with Crippen LogP contribution in [0.3, 0.4) is 0 Å². The molecule has 1 atom stereocenters. The predicted molar refractivity (Wildman–Crippen MR) is 176 cm³/mol. The van der Waals surface area contributed by atoms with Crippen molar-refractivity contribution in [1.82, 2.24) is 10.2 Å². The molecule has 0 saturated carbocycles. The van der Waals surface area contributed by atoms with Gasteiger partial charge in [-0.1, -0.05) is 86.7 Å². The summed E-state index contributed by atoms with van der Waals surface area (Å²) in [6.45, 7) is 4.11. The fourth-order valence-corrected chi connectivity index (χ4v) is 5.77. The normalized spacial score (nSPS) is 14.8. The van der Waals surface area contributed by atoms with Crippen LogP contribution in [0.1, 0.15) is 75.0 Å². The molecular formula is C36H49N3O5. The number of nitrogens with one attached hydrogen (secondary N) is 2. The highest BCUT2D eigenvalue weighted by Gasteiger charge is 2.22. The molecule has 1 aliphatic heterocycles. The molecule has 4 rings (SSSR count). The van der Waals surface area contributed by atoms with E-state index in [0.29, 0.717) is 17.7 Å². The smallest absolute Gasteiger partial charge is 0.411 e. The number of aliphatic hydroxyl groups excluding tert-OH is 2. The van der Waals surface area contributed by atoms with Crippen molar-refractivity contribution in [3.63, 3.8) is 0 Å². The van der Waals surface area contributed by atoms with Crippen molar-refractivity contribution in [3.05, 3.63) is 83.9 Å². The van der Waals surface area contributed by atoms with E-state index in [1.807, 2.05) is 54.6 Å². The summed E-state index contributed by atoms with van der Waals surface area (Å²) in [5.41, 5.74) is 3.93. The number of ether oxygens (including phenoxy) is 1. The number of benzene rings is 3.